The van der Waals surface area contributed by atoms with Gasteiger partial charge in [-0.2, -0.15) is 0 Å². The summed E-state index contributed by atoms with van der Waals surface area (Å²) < 4.78 is 59.5. The average molecular weight is 789 g/mol. The van der Waals surface area contributed by atoms with Gasteiger partial charge in [-0.25, -0.2) is 17.6 Å². The summed E-state index contributed by atoms with van der Waals surface area (Å²) >= 11 is 0. The van der Waals surface area contributed by atoms with Crippen LogP contribution in [-0.2, 0) is 33.9 Å². The van der Waals surface area contributed by atoms with E-state index in [4.69, 9.17) is 0 Å². The monoisotopic (exact) mass is 788 g/mol. The van der Waals surface area contributed by atoms with Crippen molar-refractivity contribution in [2.75, 3.05) is 44.2 Å². The summed E-state index contributed by atoms with van der Waals surface area (Å²) in [6, 6.07) is 7.65. The van der Waals surface area contributed by atoms with Crippen LogP contribution in [0.2, 0.25) is 0 Å². The molecule has 6 aliphatic rings. The molecule has 3 aromatic rings. The number of aromatic hydroxyl groups is 1. The highest BCUT2D eigenvalue weighted by Crippen LogP contribution is 2.45. The molecule has 3 atom stereocenters. The van der Waals surface area contributed by atoms with Crippen LogP contribution in [0.15, 0.2) is 42.5 Å². The van der Waals surface area contributed by atoms with E-state index in [2.05, 4.69) is 5.32 Å². The van der Waals surface area contributed by atoms with Gasteiger partial charge in [0.2, 0.25) is 17.7 Å². The Kier molecular flexibility index (Phi) is 8.92. The van der Waals surface area contributed by atoms with Crippen molar-refractivity contribution in [3.05, 3.63) is 93.0 Å². The minimum absolute atomic E-state index is 0.0121. The summed E-state index contributed by atoms with van der Waals surface area (Å²) in [6.07, 6.45) is -1.56. The Morgan fingerprint density at radius 1 is 0.930 bits per heavy atom. The molecular formula is C41H40F4N6O6. The standard InChI is InChI=1S/C41H40F4N6O6/c1-21-8-22-9-26(52)2-3-27(22)37(50(21)16-33(44)45)36-30(42)12-25(13-31(36)43)49-19-41(20-49)6-7-48(18-41)35(54)17-47-14-23-10-28-29(11-24(23)15-47)40(57)51(39(28)56)32-4-5-34(53)46-38(32)55/h2-3,9-13,21,32-33,37,52H,4-8,14-20H2,1H3,(H,46,53,55)/t21-,32?,37+/m1/s1. The largest absolute Gasteiger partial charge is 0.508 e. The van der Waals surface area contributed by atoms with Crippen molar-refractivity contribution in [1.29, 1.82) is 0 Å². The molecule has 0 aliphatic carbocycles. The van der Waals surface area contributed by atoms with E-state index in [-0.39, 0.29) is 53.1 Å². The van der Waals surface area contributed by atoms with E-state index >= 15 is 8.78 Å². The van der Waals surface area contributed by atoms with Gasteiger partial charge in [0.25, 0.3) is 18.2 Å². The lowest BCUT2D eigenvalue weighted by atomic mass is 9.78. The summed E-state index contributed by atoms with van der Waals surface area (Å²) in [5, 5.41) is 12.3. The second-order valence-electron chi connectivity index (χ2n) is 16.4. The zero-order chi connectivity index (χ0) is 40.1. The molecule has 3 fully saturated rings. The number of anilines is 1. The van der Waals surface area contributed by atoms with Gasteiger partial charge in [0, 0.05) is 68.4 Å². The molecule has 6 aliphatic heterocycles. The van der Waals surface area contributed by atoms with E-state index in [1.165, 1.54) is 35.2 Å². The number of fused-ring (bicyclic) bond motifs is 3. The van der Waals surface area contributed by atoms with Crippen LogP contribution in [0.25, 0.3) is 0 Å². The maximum Gasteiger partial charge on any atom is 0.262 e. The molecule has 3 aromatic carbocycles. The number of rotatable bonds is 7. The van der Waals surface area contributed by atoms with Crippen molar-refractivity contribution in [2.24, 2.45) is 5.41 Å². The lowest BCUT2D eigenvalue weighted by Gasteiger charge is -2.49. The van der Waals surface area contributed by atoms with Gasteiger partial charge in [0.1, 0.15) is 23.4 Å². The number of carbonyl (C=O) groups is 5. The molecule has 0 bridgehead atoms. The Bertz CT molecular complexity index is 2200. The van der Waals surface area contributed by atoms with E-state index < -0.39 is 66.4 Å². The summed E-state index contributed by atoms with van der Waals surface area (Å²) in [7, 11) is 0. The number of alkyl halides is 2. The Labute approximate surface area is 325 Å². The van der Waals surface area contributed by atoms with Crippen molar-refractivity contribution >= 4 is 35.2 Å². The summed E-state index contributed by atoms with van der Waals surface area (Å²) in [5.74, 6) is -4.05. The van der Waals surface area contributed by atoms with E-state index in [1.807, 2.05) is 9.80 Å². The van der Waals surface area contributed by atoms with Crippen LogP contribution in [0.3, 0.4) is 0 Å². The number of phenols is 1. The third-order valence-electron chi connectivity index (χ3n) is 12.6. The molecular weight excluding hydrogens is 748 g/mol. The van der Waals surface area contributed by atoms with Crippen molar-refractivity contribution in [3.8, 4) is 5.75 Å². The maximum atomic E-state index is 16.0. The molecule has 0 saturated carbocycles. The van der Waals surface area contributed by atoms with Gasteiger partial charge in [0.05, 0.1) is 30.3 Å². The highest BCUT2D eigenvalue weighted by atomic mass is 19.3. The van der Waals surface area contributed by atoms with Crippen LogP contribution < -0.4 is 10.2 Å². The predicted octanol–water partition coefficient (Wildman–Crippen LogP) is 3.73. The third-order valence-corrected chi connectivity index (χ3v) is 12.6. The van der Waals surface area contributed by atoms with Crippen molar-refractivity contribution < 1.29 is 46.6 Å². The van der Waals surface area contributed by atoms with Crippen LogP contribution in [0, 0.1) is 17.0 Å². The average Bonchev–Trinajstić information content (AvgIpc) is 3.82. The number of hydrogen-bond donors (Lipinski definition) is 2. The number of benzene rings is 3. The number of halogens is 4. The van der Waals surface area contributed by atoms with Crippen LogP contribution >= 0.6 is 0 Å². The first kappa shape index (κ1) is 37.2. The number of amides is 5. The molecule has 1 spiro atoms. The highest BCUT2D eigenvalue weighted by Gasteiger charge is 2.50. The molecule has 9 rings (SSSR count). The molecule has 57 heavy (non-hydrogen) atoms. The lowest BCUT2D eigenvalue weighted by molar-refractivity contribution is -0.136. The first-order valence-electron chi connectivity index (χ1n) is 19.2. The lowest BCUT2D eigenvalue weighted by Crippen LogP contribution is -2.58. The van der Waals surface area contributed by atoms with Gasteiger partial charge in [-0.15, -0.1) is 0 Å². The first-order chi connectivity index (χ1) is 27.2. The van der Waals surface area contributed by atoms with E-state index in [1.54, 1.807) is 24.0 Å². The third kappa shape index (κ3) is 6.33. The van der Waals surface area contributed by atoms with E-state index in [9.17, 15) is 37.9 Å². The fourth-order valence-corrected chi connectivity index (χ4v) is 9.88. The molecule has 6 heterocycles. The molecule has 12 nitrogen and oxygen atoms in total. The van der Waals surface area contributed by atoms with E-state index in [0.29, 0.717) is 68.9 Å². The quantitative estimate of drug-likeness (QED) is 0.272. The number of nitrogens with zero attached hydrogens (tertiary/aromatic N) is 5. The van der Waals surface area contributed by atoms with Gasteiger partial charge < -0.3 is 14.9 Å². The summed E-state index contributed by atoms with van der Waals surface area (Å²) in [4.78, 5) is 72.1. The van der Waals surface area contributed by atoms with Crippen LogP contribution in [-0.4, -0.2) is 112 Å². The minimum atomic E-state index is -2.72. The number of imide groups is 2. The van der Waals surface area contributed by atoms with Crippen molar-refractivity contribution in [3.63, 3.8) is 0 Å². The molecule has 0 radical (unpaired) electrons. The minimum Gasteiger partial charge on any atom is -0.508 e. The first-order valence-corrected chi connectivity index (χ1v) is 19.2. The molecule has 16 heteroatoms. The van der Waals surface area contributed by atoms with Crippen molar-refractivity contribution in [1.82, 2.24) is 24.9 Å². The molecule has 298 valence electrons. The number of phenolic OH excluding ortho intramolecular Hbond substituents is 1. The SMILES string of the molecule is C[C@@H]1Cc2cc(O)ccc2[C@@H](c2c(F)cc(N3CC4(CCN(C(=O)CN5Cc6cc7c(cc6C5)C(=O)N(C5CCC(=O)NC5=O)C7=O)C4)C3)cc2F)N1CC(F)F. The van der Waals surface area contributed by atoms with Crippen molar-refractivity contribution in [2.45, 2.75) is 70.2 Å². The predicted molar refractivity (Wildman–Crippen MR) is 195 cm³/mol. The maximum absolute atomic E-state index is 16.0. The van der Waals surface area contributed by atoms with Gasteiger partial charge in [-0.05, 0) is 84.8 Å². The Morgan fingerprint density at radius 3 is 2.23 bits per heavy atom. The Morgan fingerprint density at radius 2 is 1.60 bits per heavy atom. The van der Waals surface area contributed by atoms with Crippen LogP contribution in [0.5, 0.6) is 5.75 Å². The summed E-state index contributed by atoms with van der Waals surface area (Å²) in [5.41, 5.74) is 2.92. The molecule has 2 N–H and O–H groups in total. The molecule has 5 amide bonds. The highest BCUT2D eigenvalue weighted by molar-refractivity contribution is 6.23. The zero-order valence-electron chi connectivity index (χ0n) is 31.1. The normalized spacial score (nSPS) is 24.3. The smallest absolute Gasteiger partial charge is 0.262 e. The van der Waals surface area contributed by atoms with Crippen LogP contribution in [0.4, 0.5) is 23.2 Å². The second kappa shape index (κ2) is 13.6. The Balaban J connectivity index is 0.833. The second-order valence-corrected chi connectivity index (χ2v) is 16.4. The zero-order valence-corrected chi connectivity index (χ0v) is 31.1. The van der Waals surface area contributed by atoms with Gasteiger partial charge in [0.15, 0.2) is 0 Å². The number of carbonyl (C=O) groups excluding carboxylic acids is 5. The topological polar surface area (TPSA) is 134 Å². The number of hydrogen-bond acceptors (Lipinski definition) is 9. The van der Waals surface area contributed by atoms with Crippen LogP contribution in [0.1, 0.15) is 80.8 Å². The molecule has 1 unspecified atom stereocenters. The fraction of sp³-hybridized carbons (Fsp3) is 0.439. The molecule has 3 saturated heterocycles. The Hall–Kier alpha value is -5.35. The number of likely N-dealkylation sites (tertiary alicyclic amines) is 1. The van der Waals surface area contributed by atoms with Gasteiger partial charge in [-0.1, -0.05) is 6.07 Å². The summed E-state index contributed by atoms with van der Waals surface area (Å²) in [6.45, 7) is 3.92. The number of nitrogens with one attached hydrogen (secondary N) is 1. The molecule has 0 aromatic heterocycles. The number of piperidine rings is 1. The van der Waals surface area contributed by atoms with Gasteiger partial charge in [-0.3, -0.25) is 44.0 Å². The van der Waals surface area contributed by atoms with Gasteiger partial charge >= 0.3 is 0 Å². The van der Waals surface area contributed by atoms with E-state index in [0.717, 1.165) is 16.0 Å². The fourth-order valence-electron chi connectivity index (χ4n) is 9.88.